The highest BCUT2D eigenvalue weighted by molar-refractivity contribution is 5.91. The number of rotatable bonds is 6. The van der Waals surface area contributed by atoms with Crippen LogP contribution >= 0.6 is 0 Å². The number of benzene rings is 1. The third-order valence-electron chi connectivity index (χ3n) is 5.74. The third-order valence-corrected chi connectivity index (χ3v) is 5.74. The summed E-state index contributed by atoms with van der Waals surface area (Å²) in [6.07, 6.45) is -1.91. The summed E-state index contributed by atoms with van der Waals surface area (Å²) in [5.74, 6) is 0.133. The number of hydrogen-bond acceptors (Lipinski definition) is 4. The van der Waals surface area contributed by atoms with Crippen LogP contribution in [0.5, 0.6) is 0 Å². The third kappa shape index (κ3) is 6.16. The Kier molecular flexibility index (Phi) is 7.15. The van der Waals surface area contributed by atoms with Crippen molar-refractivity contribution in [2.24, 2.45) is 13.0 Å². The standard InChI is InChI=1S/C22H27F3N4O2/c1-27(21(31)19-6-7-20(30)28(2)26-19)15-17-9-12-29(13-10-17)11-8-16-4-3-5-18(14-16)22(23,24)25/h3-7,14,17H,8-13,15H2,1-2H3. The van der Waals surface area contributed by atoms with Crippen molar-refractivity contribution in [1.29, 1.82) is 0 Å². The van der Waals surface area contributed by atoms with E-state index in [1.807, 2.05) is 0 Å². The highest BCUT2D eigenvalue weighted by Crippen LogP contribution is 2.29. The lowest BCUT2D eigenvalue weighted by Crippen LogP contribution is -2.40. The molecule has 1 saturated heterocycles. The Balaban J connectivity index is 1.46. The summed E-state index contributed by atoms with van der Waals surface area (Å²) in [6.45, 7) is 3.02. The molecule has 0 aliphatic carbocycles. The number of aromatic nitrogens is 2. The summed E-state index contributed by atoms with van der Waals surface area (Å²) in [5, 5.41) is 4.01. The Morgan fingerprint density at radius 2 is 1.90 bits per heavy atom. The van der Waals surface area contributed by atoms with Gasteiger partial charge < -0.3 is 9.80 Å². The molecule has 1 aromatic carbocycles. The summed E-state index contributed by atoms with van der Waals surface area (Å²) < 4.78 is 39.7. The van der Waals surface area contributed by atoms with E-state index in [9.17, 15) is 22.8 Å². The number of alkyl halides is 3. The Morgan fingerprint density at radius 3 is 2.55 bits per heavy atom. The number of carbonyl (C=O) groups is 1. The van der Waals surface area contributed by atoms with Crippen LogP contribution < -0.4 is 5.56 Å². The average molecular weight is 436 g/mol. The first kappa shape index (κ1) is 23.0. The lowest BCUT2D eigenvalue weighted by atomic mass is 9.95. The predicted octanol–water partition coefficient (Wildman–Crippen LogP) is 2.83. The number of likely N-dealkylation sites (tertiary alicyclic amines) is 1. The predicted molar refractivity (Wildman–Crippen MR) is 111 cm³/mol. The van der Waals surface area contributed by atoms with Gasteiger partial charge in [0.2, 0.25) is 0 Å². The molecule has 9 heteroatoms. The van der Waals surface area contributed by atoms with Gasteiger partial charge in [-0.2, -0.15) is 18.3 Å². The van der Waals surface area contributed by atoms with E-state index in [4.69, 9.17) is 0 Å². The van der Waals surface area contributed by atoms with E-state index in [0.717, 1.165) is 36.7 Å². The first-order valence-corrected chi connectivity index (χ1v) is 10.3. The van der Waals surface area contributed by atoms with Gasteiger partial charge in [-0.25, -0.2) is 4.68 Å². The normalized spacial score (nSPS) is 15.8. The minimum absolute atomic E-state index is 0.220. The summed E-state index contributed by atoms with van der Waals surface area (Å²) in [4.78, 5) is 27.9. The summed E-state index contributed by atoms with van der Waals surface area (Å²) in [7, 11) is 3.24. The fourth-order valence-electron chi connectivity index (χ4n) is 3.87. The molecule has 0 bridgehead atoms. The molecule has 0 unspecified atom stereocenters. The molecule has 1 amide bonds. The fourth-order valence-corrected chi connectivity index (χ4v) is 3.87. The molecule has 6 nitrogen and oxygen atoms in total. The van der Waals surface area contributed by atoms with Gasteiger partial charge in [0.05, 0.1) is 5.56 Å². The average Bonchev–Trinajstić information content (AvgIpc) is 2.74. The van der Waals surface area contributed by atoms with Gasteiger partial charge in [0.25, 0.3) is 11.5 Å². The van der Waals surface area contributed by atoms with Crippen LogP contribution in [0.25, 0.3) is 0 Å². The molecule has 0 radical (unpaired) electrons. The number of nitrogens with zero attached hydrogens (tertiary/aromatic N) is 4. The van der Waals surface area contributed by atoms with Crippen LogP contribution in [-0.4, -0.2) is 58.7 Å². The molecule has 0 spiro atoms. The zero-order valence-corrected chi connectivity index (χ0v) is 17.7. The first-order chi connectivity index (χ1) is 14.6. The van der Waals surface area contributed by atoms with Crippen molar-refractivity contribution in [2.75, 3.05) is 33.2 Å². The fraction of sp³-hybridized carbons (Fsp3) is 0.500. The van der Waals surface area contributed by atoms with Gasteiger partial charge in [-0.1, -0.05) is 18.2 Å². The molecular weight excluding hydrogens is 409 g/mol. The zero-order valence-electron chi connectivity index (χ0n) is 17.7. The SMILES string of the molecule is CN(CC1CCN(CCc2cccc(C(F)(F)F)c2)CC1)C(=O)c1ccc(=O)n(C)n1. The molecule has 1 aliphatic heterocycles. The molecule has 31 heavy (non-hydrogen) atoms. The van der Waals surface area contributed by atoms with Gasteiger partial charge in [-0.05, 0) is 56.0 Å². The molecule has 168 valence electrons. The quantitative estimate of drug-likeness (QED) is 0.699. The highest BCUT2D eigenvalue weighted by atomic mass is 19.4. The highest BCUT2D eigenvalue weighted by Gasteiger charge is 2.30. The van der Waals surface area contributed by atoms with E-state index in [1.165, 1.54) is 31.3 Å². The second-order valence-corrected chi connectivity index (χ2v) is 8.10. The Morgan fingerprint density at radius 1 is 1.19 bits per heavy atom. The Bertz CT molecular complexity index is 966. The number of halogens is 3. The molecule has 1 aromatic heterocycles. The molecule has 0 N–H and O–H groups in total. The van der Waals surface area contributed by atoms with Crippen LogP contribution in [0.1, 0.15) is 34.5 Å². The second kappa shape index (κ2) is 9.64. The van der Waals surface area contributed by atoms with Crippen molar-refractivity contribution < 1.29 is 18.0 Å². The summed E-state index contributed by atoms with van der Waals surface area (Å²) >= 11 is 0. The molecule has 1 fully saturated rings. The minimum atomic E-state index is -4.32. The van der Waals surface area contributed by atoms with E-state index in [-0.39, 0.29) is 17.2 Å². The Hall–Kier alpha value is -2.68. The van der Waals surface area contributed by atoms with E-state index in [0.29, 0.717) is 31.0 Å². The maximum atomic E-state index is 12.9. The number of carbonyl (C=O) groups excluding carboxylic acids is 1. The molecule has 2 heterocycles. The molecule has 0 saturated carbocycles. The maximum Gasteiger partial charge on any atom is 0.416 e. The number of aryl methyl sites for hydroxylation is 1. The number of amides is 1. The lowest BCUT2D eigenvalue weighted by Gasteiger charge is -2.33. The number of piperidine rings is 1. The second-order valence-electron chi connectivity index (χ2n) is 8.10. The topological polar surface area (TPSA) is 58.4 Å². The van der Waals surface area contributed by atoms with E-state index in [2.05, 4.69) is 10.00 Å². The van der Waals surface area contributed by atoms with Crippen molar-refractivity contribution >= 4 is 5.91 Å². The van der Waals surface area contributed by atoms with Crippen molar-refractivity contribution in [3.8, 4) is 0 Å². The largest absolute Gasteiger partial charge is 0.416 e. The smallest absolute Gasteiger partial charge is 0.340 e. The molecule has 3 rings (SSSR count). The van der Waals surface area contributed by atoms with Crippen LogP contribution in [-0.2, 0) is 19.6 Å². The van der Waals surface area contributed by atoms with Crippen LogP contribution in [0, 0.1) is 5.92 Å². The van der Waals surface area contributed by atoms with Crippen LogP contribution in [0.2, 0.25) is 0 Å². The van der Waals surface area contributed by atoms with Gasteiger partial charge in [-0.3, -0.25) is 9.59 Å². The van der Waals surface area contributed by atoms with Crippen molar-refractivity contribution in [3.05, 3.63) is 63.6 Å². The molecular formula is C22H27F3N4O2. The van der Waals surface area contributed by atoms with E-state index in [1.54, 1.807) is 18.0 Å². The summed E-state index contributed by atoms with van der Waals surface area (Å²) in [5.41, 5.74) is 0.0521. The van der Waals surface area contributed by atoms with Crippen LogP contribution in [0.4, 0.5) is 13.2 Å². The van der Waals surface area contributed by atoms with Gasteiger partial charge in [0.1, 0.15) is 5.69 Å². The van der Waals surface area contributed by atoms with Crippen molar-refractivity contribution in [2.45, 2.75) is 25.4 Å². The molecule has 0 atom stereocenters. The minimum Gasteiger partial charge on any atom is -0.340 e. The maximum absolute atomic E-state index is 12.9. The van der Waals surface area contributed by atoms with Gasteiger partial charge in [0.15, 0.2) is 0 Å². The Labute approximate surface area is 179 Å². The van der Waals surface area contributed by atoms with Gasteiger partial charge in [-0.15, -0.1) is 0 Å². The van der Waals surface area contributed by atoms with E-state index < -0.39 is 11.7 Å². The van der Waals surface area contributed by atoms with Crippen molar-refractivity contribution in [1.82, 2.24) is 19.6 Å². The first-order valence-electron chi connectivity index (χ1n) is 10.3. The zero-order chi connectivity index (χ0) is 22.6. The summed E-state index contributed by atoms with van der Waals surface area (Å²) in [6, 6.07) is 8.28. The van der Waals surface area contributed by atoms with Gasteiger partial charge in [0, 0.05) is 33.3 Å². The number of hydrogen-bond donors (Lipinski definition) is 0. The van der Waals surface area contributed by atoms with E-state index >= 15 is 0 Å². The van der Waals surface area contributed by atoms with Crippen LogP contribution in [0.15, 0.2) is 41.2 Å². The van der Waals surface area contributed by atoms with Crippen LogP contribution in [0.3, 0.4) is 0 Å². The van der Waals surface area contributed by atoms with Gasteiger partial charge >= 0.3 is 6.18 Å². The monoisotopic (exact) mass is 436 g/mol. The lowest BCUT2D eigenvalue weighted by molar-refractivity contribution is -0.137. The molecule has 2 aromatic rings. The molecule has 1 aliphatic rings. The van der Waals surface area contributed by atoms with Crippen molar-refractivity contribution in [3.63, 3.8) is 0 Å².